The lowest BCUT2D eigenvalue weighted by atomic mass is 10.1. The van der Waals surface area contributed by atoms with E-state index in [9.17, 15) is 14.9 Å². The molecule has 2 heterocycles. The largest absolute Gasteiger partial charge is 0.497 e. The second kappa shape index (κ2) is 5.80. The predicted octanol–water partition coefficient (Wildman–Crippen LogP) is 3.47. The highest BCUT2D eigenvalue weighted by Gasteiger charge is 2.10. The van der Waals surface area contributed by atoms with Crippen LogP contribution < -0.4 is 10.4 Å². The Morgan fingerprint density at radius 1 is 1.13 bits per heavy atom. The molecule has 0 atom stereocenters. The SMILES string of the molecule is COc1ccc2c(/C=C/c3ccc([N+](=O)[O-])o3)cc(=O)oc2c1. The highest BCUT2D eigenvalue weighted by Crippen LogP contribution is 2.24. The second-order valence-electron chi connectivity index (χ2n) is 4.65. The highest BCUT2D eigenvalue weighted by molar-refractivity contribution is 5.89. The van der Waals surface area contributed by atoms with Crippen LogP contribution in [0.2, 0.25) is 0 Å². The van der Waals surface area contributed by atoms with Gasteiger partial charge in [0.05, 0.1) is 13.2 Å². The van der Waals surface area contributed by atoms with Gasteiger partial charge in [0.1, 0.15) is 22.0 Å². The third kappa shape index (κ3) is 2.98. The van der Waals surface area contributed by atoms with Gasteiger partial charge < -0.3 is 13.6 Å². The fourth-order valence-electron chi connectivity index (χ4n) is 2.13. The van der Waals surface area contributed by atoms with E-state index >= 15 is 0 Å². The summed E-state index contributed by atoms with van der Waals surface area (Å²) in [6.07, 6.45) is 3.18. The standard InChI is InChI=1S/C16H11NO6/c1-21-12-4-6-13-10(8-16(18)23-14(13)9-12)2-3-11-5-7-15(22-11)17(19)20/h2-9H,1H3/b3-2+. The quantitative estimate of drug-likeness (QED) is 0.415. The van der Waals surface area contributed by atoms with Crippen molar-refractivity contribution in [2.24, 2.45) is 0 Å². The van der Waals surface area contributed by atoms with Gasteiger partial charge in [-0.15, -0.1) is 0 Å². The van der Waals surface area contributed by atoms with E-state index in [-0.39, 0.29) is 5.88 Å². The third-order valence-corrected chi connectivity index (χ3v) is 3.20. The maximum absolute atomic E-state index is 11.7. The van der Waals surface area contributed by atoms with Crippen molar-refractivity contribution < 1.29 is 18.5 Å². The lowest BCUT2D eigenvalue weighted by Gasteiger charge is -2.03. The van der Waals surface area contributed by atoms with Gasteiger partial charge in [-0.25, -0.2) is 4.79 Å². The Morgan fingerprint density at radius 2 is 1.96 bits per heavy atom. The molecule has 7 heteroatoms. The first kappa shape index (κ1) is 14.6. The molecule has 116 valence electrons. The van der Waals surface area contributed by atoms with E-state index in [0.29, 0.717) is 28.0 Å². The van der Waals surface area contributed by atoms with E-state index < -0.39 is 10.5 Å². The van der Waals surface area contributed by atoms with Gasteiger partial charge in [0, 0.05) is 17.5 Å². The average Bonchev–Trinajstić information content (AvgIpc) is 3.01. The first-order valence-corrected chi connectivity index (χ1v) is 6.61. The Labute approximate surface area is 129 Å². The highest BCUT2D eigenvalue weighted by atomic mass is 16.6. The molecule has 7 nitrogen and oxygen atoms in total. The van der Waals surface area contributed by atoms with Crippen LogP contribution in [0.5, 0.6) is 5.75 Å². The van der Waals surface area contributed by atoms with Gasteiger partial charge in [-0.3, -0.25) is 10.1 Å². The van der Waals surface area contributed by atoms with Crippen LogP contribution in [0.15, 0.2) is 50.0 Å². The number of ether oxygens (including phenoxy) is 1. The number of hydrogen-bond donors (Lipinski definition) is 0. The van der Waals surface area contributed by atoms with Crippen LogP contribution in [0.3, 0.4) is 0 Å². The summed E-state index contributed by atoms with van der Waals surface area (Å²) in [4.78, 5) is 21.6. The van der Waals surface area contributed by atoms with E-state index in [1.165, 1.54) is 25.3 Å². The molecule has 0 bridgehead atoms. The van der Waals surface area contributed by atoms with Gasteiger partial charge in [0.15, 0.2) is 0 Å². The molecule has 0 fully saturated rings. The van der Waals surface area contributed by atoms with E-state index in [2.05, 4.69) is 0 Å². The zero-order valence-electron chi connectivity index (χ0n) is 12.0. The fourth-order valence-corrected chi connectivity index (χ4v) is 2.13. The van der Waals surface area contributed by atoms with Crippen LogP contribution in [0, 0.1) is 10.1 Å². The molecule has 0 N–H and O–H groups in total. The molecule has 0 amide bonds. The molecule has 0 radical (unpaired) electrons. The number of furan rings is 1. The Hall–Kier alpha value is -3.35. The summed E-state index contributed by atoms with van der Waals surface area (Å²) in [6, 6.07) is 9.21. The van der Waals surface area contributed by atoms with Crippen molar-refractivity contribution in [2.75, 3.05) is 7.11 Å². The lowest BCUT2D eigenvalue weighted by molar-refractivity contribution is -0.402. The summed E-state index contributed by atoms with van der Waals surface area (Å²) in [5.41, 5.74) is 0.496. The monoisotopic (exact) mass is 313 g/mol. The molecule has 23 heavy (non-hydrogen) atoms. The first-order valence-electron chi connectivity index (χ1n) is 6.61. The van der Waals surface area contributed by atoms with Crippen LogP contribution >= 0.6 is 0 Å². The van der Waals surface area contributed by atoms with Gasteiger partial charge >= 0.3 is 11.5 Å². The Balaban J connectivity index is 2.03. The molecular formula is C16H11NO6. The molecule has 0 spiro atoms. The zero-order valence-corrected chi connectivity index (χ0v) is 12.0. The fraction of sp³-hybridized carbons (Fsp3) is 0.0625. The van der Waals surface area contributed by atoms with Gasteiger partial charge in [-0.2, -0.15) is 0 Å². The van der Waals surface area contributed by atoms with Crippen LogP contribution in [0.1, 0.15) is 11.3 Å². The van der Waals surface area contributed by atoms with Crippen LogP contribution in [-0.2, 0) is 0 Å². The minimum Gasteiger partial charge on any atom is -0.497 e. The first-order chi connectivity index (χ1) is 11.1. The summed E-state index contributed by atoms with van der Waals surface area (Å²) < 4.78 is 15.3. The van der Waals surface area contributed by atoms with Crippen molar-refractivity contribution in [1.29, 1.82) is 0 Å². The van der Waals surface area contributed by atoms with Crippen LogP contribution in [0.25, 0.3) is 23.1 Å². The van der Waals surface area contributed by atoms with Gasteiger partial charge in [0.2, 0.25) is 0 Å². The molecule has 3 rings (SSSR count). The Morgan fingerprint density at radius 3 is 2.65 bits per heavy atom. The van der Waals surface area contributed by atoms with Crippen molar-refractivity contribution >= 4 is 29.0 Å². The topological polar surface area (TPSA) is 95.7 Å². The third-order valence-electron chi connectivity index (χ3n) is 3.20. The number of benzene rings is 1. The molecule has 0 aliphatic rings. The number of methoxy groups -OCH3 is 1. The molecule has 1 aromatic carbocycles. The Kier molecular flexibility index (Phi) is 3.68. The molecule has 3 aromatic rings. The lowest BCUT2D eigenvalue weighted by Crippen LogP contribution is -1.98. The number of nitrogens with zero attached hydrogens (tertiary/aromatic N) is 1. The maximum Gasteiger partial charge on any atom is 0.433 e. The van der Waals surface area contributed by atoms with Crippen molar-refractivity contribution in [3.63, 3.8) is 0 Å². The maximum atomic E-state index is 11.7. The number of nitro groups is 1. The van der Waals surface area contributed by atoms with Gasteiger partial charge in [-0.1, -0.05) is 6.08 Å². The molecule has 2 aromatic heterocycles. The molecular weight excluding hydrogens is 302 g/mol. The van der Waals surface area contributed by atoms with E-state index in [1.54, 1.807) is 30.4 Å². The van der Waals surface area contributed by atoms with Crippen molar-refractivity contribution in [3.05, 3.63) is 68.3 Å². The normalized spacial score (nSPS) is 11.2. The number of hydrogen-bond acceptors (Lipinski definition) is 6. The summed E-state index contributed by atoms with van der Waals surface area (Å²) in [5, 5.41) is 11.3. The van der Waals surface area contributed by atoms with Gasteiger partial charge in [-0.05, 0) is 29.8 Å². The number of rotatable bonds is 4. The van der Waals surface area contributed by atoms with Crippen LogP contribution in [-0.4, -0.2) is 12.0 Å². The molecule has 0 saturated carbocycles. The summed E-state index contributed by atoms with van der Waals surface area (Å²) >= 11 is 0. The minimum absolute atomic E-state index is 0.312. The average molecular weight is 313 g/mol. The summed E-state index contributed by atoms with van der Waals surface area (Å²) in [7, 11) is 1.52. The zero-order chi connectivity index (χ0) is 16.4. The molecule has 0 aliphatic heterocycles. The predicted molar refractivity (Wildman–Crippen MR) is 83.3 cm³/mol. The number of fused-ring (bicyclic) bond motifs is 1. The van der Waals surface area contributed by atoms with E-state index in [4.69, 9.17) is 13.6 Å². The smallest absolute Gasteiger partial charge is 0.433 e. The van der Waals surface area contributed by atoms with Crippen molar-refractivity contribution in [2.45, 2.75) is 0 Å². The Bertz CT molecular complexity index is 966. The molecule has 0 aliphatic carbocycles. The second-order valence-corrected chi connectivity index (χ2v) is 4.65. The van der Waals surface area contributed by atoms with Crippen LogP contribution in [0.4, 0.5) is 5.88 Å². The molecule has 0 unspecified atom stereocenters. The van der Waals surface area contributed by atoms with Gasteiger partial charge in [0.25, 0.3) is 0 Å². The molecule has 0 saturated heterocycles. The van der Waals surface area contributed by atoms with E-state index in [0.717, 1.165) is 0 Å². The van der Waals surface area contributed by atoms with Crippen molar-refractivity contribution in [3.8, 4) is 5.75 Å². The summed E-state index contributed by atoms with van der Waals surface area (Å²) in [6.45, 7) is 0. The minimum atomic E-state index is -0.615. The van der Waals surface area contributed by atoms with Crippen molar-refractivity contribution in [1.82, 2.24) is 0 Å². The van der Waals surface area contributed by atoms with E-state index in [1.807, 2.05) is 0 Å². The summed E-state index contributed by atoms with van der Waals surface area (Å²) in [5.74, 6) is 0.543.